The van der Waals surface area contributed by atoms with Crippen molar-refractivity contribution in [3.8, 4) is 0 Å². The molecule has 0 spiro atoms. The van der Waals surface area contributed by atoms with Gasteiger partial charge in [-0.2, -0.15) is 0 Å². The monoisotopic (exact) mass is 282 g/mol. The molecule has 2 rings (SSSR count). The Hall–Kier alpha value is -0.120. The van der Waals surface area contributed by atoms with E-state index in [0.717, 1.165) is 31.3 Å². The SMILES string of the molecule is CCCNC1CCC(C)CC1CN1CCC(C)C(O)C1. The number of aliphatic hydroxyl groups excluding tert-OH is 1. The van der Waals surface area contributed by atoms with Crippen molar-refractivity contribution in [1.82, 2.24) is 10.2 Å². The van der Waals surface area contributed by atoms with E-state index in [1.54, 1.807) is 0 Å². The first kappa shape index (κ1) is 16.3. The van der Waals surface area contributed by atoms with Crippen LogP contribution in [0.25, 0.3) is 0 Å². The van der Waals surface area contributed by atoms with Crippen LogP contribution in [0.2, 0.25) is 0 Å². The minimum absolute atomic E-state index is 0.119. The Morgan fingerprint density at radius 1 is 1.20 bits per heavy atom. The van der Waals surface area contributed by atoms with Crippen LogP contribution in [0, 0.1) is 17.8 Å². The van der Waals surface area contributed by atoms with Gasteiger partial charge < -0.3 is 15.3 Å². The minimum atomic E-state index is -0.119. The third kappa shape index (κ3) is 4.44. The number of nitrogens with one attached hydrogen (secondary N) is 1. The van der Waals surface area contributed by atoms with Crippen LogP contribution in [0.15, 0.2) is 0 Å². The number of aliphatic hydroxyl groups is 1. The van der Waals surface area contributed by atoms with Crippen molar-refractivity contribution in [3.63, 3.8) is 0 Å². The van der Waals surface area contributed by atoms with Gasteiger partial charge in [-0.05, 0) is 62.9 Å². The van der Waals surface area contributed by atoms with Crippen LogP contribution in [0.4, 0.5) is 0 Å². The standard InChI is InChI=1S/C17H34N2O/c1-4-8-18-16-6-5-13(2)10-15(16)11-19-9-7-14(3)17(20)12-19/h13-18,20H,4-12H2,1-3H3. The quantitative estimate of drug-likeness (QED) is 0.813. The van der Waals surface area contributed by atoms with E-state index in [-0.39, 0.29) is 6.10 Å². The zero-order chi connectivity index (χ0) is 14.5. The lowest BCUT2D eigenvalue weighted by Gasteiger charge is -2.41. The molecule has 118 valence electrons. The molecule has 5 atom stereocenters. The van der Waals surface area contributed by atoms with Crippen molar-refractivity contribution < 1.29 is 5.11 Å². The van der Waals surface area contributed by atoms with Gasteiger partial charge in [0.1, 0.15) is 0 Å². The predicted molar refractivity (Wildman–Crippen MR) is 84.8 cm³/mol. The molecule has 2 fully saturated rings. The van der Waals surface area contributed by atoms with E-state index < -0.39 is 0 Å². The average molecular weight is 282 g/mol. The summed E-state index contributed by atoms with van der Waals surface area (Å²) in [4.78, 5) is 2.51. The molecule has 1 heterocycles. The Kier molecular flexibility index (Phi) is 6.31. The molecule has 0 aromatic carbocycles. The molecule has 20 heavy (non-hydrogen) atoms. The molecule has 2 aliphatic rings. The zero-order valence-electron chi connectivity index (χ0n) is 13.6. The van der Waals surface area contributed by atoms with Crippen LogP contribution < -0.4 is 5.32 Å². The Labute approximate surface area is 125 Å². The highest BCUT2D eigenvalue weighted by Gasteiger charge is 2.32. The lowest BCUT2D eigenvalue weighted by Crippen LogP contribution is -2.50. The van der Waals surface area contributed by atoms with E-state index in [4.69, 9.17) is 0 Å². The summed E-state index contributed by atoms with van der Waals surface area (Å²) in [5, 5.41) is 13.8. The molecule has 1 saturated heterocycles. The van der Waals surface area contributed by atoms with Crippen molar-refractivity contribution in [2.24, 2.45) is 17.8 Å². The van der Waals surface area contributed by atoms with Crippen molar-refractivity contribution in [1.29, 1.82) is 0 Å². The topological polar surface area (TPSA) is 35.5 Å². The first-order chi connectivity index (χ1) is 9.60. The molecule has 1 saturated carbocycles. The van der Waals surface area contributed by atoms with Crippen LogP contribution in [-0.2, 0) is 0 Å². The molecule has 0 aromatic heterocycles. The maximum absolute atomic E-state index is 10.1. The Morgan fingerprint density at radius 2 is 2.00 bits per heavy atom. The van der Waals surface area contributed by atoms with E-state index in [9.17, 15) is 5.11 Å². The van der Waals surface area contributed by atoms with Crippen molar-refractivity contribution in [2.75, 3.05) is 26.2 Å². The predicted octanol–water partition coefficient (Wildman–Crippen LogP) is 2.49. The van der Waals surface area contributed by atoms with Gasteiger partial charge in [0.2, 0.25) is 0 Å². The second-order valence-electron chi connectivity index (χ2n) is 7.33. The smallest absolute Gasteiger partial charge is 0.0693 e. The van der Waals surface area contributed by atoms with Gasteiger partial charge in [0, 0.05) is 19.1 Å². The number of nitrogens with zero attached hydrogens (tertiary/aromatic N) is 1. The lowest BCUT2D eigenvalue weighted by atomic mass is 9.78. The molecular weight excluding hydrogens is 248 g/mol. The first-order valence-corrected chi connectivity index (χ1v) is 8.74. The van der Waals surface area contributed by atoms with Gasteiger partial charge >= 0.3 is 0 Å². The highest BCUT2D eigenvalue weighted by atomic mass is 16.3. The van der Waals surface area contributed by atoms with Crippen molar-refractivity contribution in [2.45, 2.75) is 65.0 Å². The summed E-state index contributed by atoms with van der Waals surface area (Å²) in [5.74, 6) is 2.12. The summed E-state index contributed by atoms with van der Waals surface area (Å²) in [6, 6.07) is 0.697. The van der Waals surface area contributed by atoms with E-state index in [1.165, 1.54) is 38.8 Å². The highest BCUT2D eigenvalue weighted by molar-refractivity contribution is 4.87. The molecule has 0 amide bonds. The molecule has 0 bridgehead atoms. The van der Waals surface area contributed by atoms with E-state index in [2.05, 4.69) is 31.0 Å². The fourth-order valence-electron chi connectivity index (χ4n) is 3.91. The molecule has 3 nitrogen and oxygen atoms in total. The van der Waals surface area contributed by atoms with Crippen LogP contribution in [0.5, 0.6) is 0 Å². The third-order valence-corrected chi connectivity index (χ3v) is 5.40. The molecule has 0 radical (unpaired) electrons. The third-order valence-electron chi connectivity index (χ3n) is 5.40. The fraction of sp³-hybridized carbons (Fsp3) is 1.00. The van der Waals surface area contributed by atoms with E-state index >= 15 is 0 Å². The number of rotatable bonds is 5. The summed E-state index contributed by atoms with van der Waals surface area (Å²) in [6.07, 6.45) is 6.31. The second kappa shape index (κ2) is 7.77. The normalized spacial score (nSPS) is 39.9. The summed E-state index contributed by atoms with van der Waals surface area (Å²) in [5.41, 5.74) is 0. The fourth-order valence-corrected chi connectivity index (χ4v) is 3.91. The van der Waals surface area contributed by atoms with Crippen molar-refractivity contribution >= 4 is 0 Å². The van der Waals surface area contributed by atoms with Gasteiger partial charge in [0.15, 0.2) is 0 Å². The van der Waals surface area contributed by atoms with Crippen molar-refractivity contribution in [3.05, 3.63) is 0 Å². The number of hydrogen-bond donors (Lipinski definition) is 2. The maximum Gasteiger partial charge on any atom is 0.0693 e. The molecular formula is C17H34N2O. The summed E-state index contributed by atoms with van der Waals surface area (Å²) in [6.45, 7) is 11.2. The molecule has 5 unspecified atom stereocenters. The van der Waals surface area contributed by atoms with Crippen LogP contribution in [0.3, 0.4) is 0 Å². The van der Waals surface area contributed by atoms with Gasteiger partial charge in [-0.3, -0.25) is 0 Å². The van der Waals surface area contributed by atoms with Gasteiger partial charge in [0.25, 0.3) is 0 Å². The van der Waals surface area contributed by atoms with E-state index in [1.807, 2.05) is 0 Å². The second-order valence-corrected chi connectivity index (χ2v) is 7.33. The minimum Gasteiger partial charge on any atom is -0.392 e. The van der Waals surface area contributed by atoms with Gasteiger partial charge in [-0.1, -0.05) is 20.8 Å². The molecule has 1 aliphatic carbocycles. The zero-order valence-corrected chi connectivity index (χ0v) is 13.6. The summed E-state index contributed by atoms with van der Waals surface area (Å²) < 4.78 is 0. The maximum atomic E-state index is 10.1. The van der Waals surface area contributed by atoms with Gasteiger partial charge in [-0.25, -0.2) is 0 Å². The van der Waals surface area contributed by atoms with Crippen LogP contribution in [-0.4, -0.2) is 48.3 Å². The summed E-state index contributed by atoms with van der Waals surface area (Å²) >= 11 is 0. The van der Waals surface area contributed by atoms with Gasteiger partial charge in [0.05, 0.1) is 6.10 Å². The Balaban J connectivity index is 1.86. The van der Waals surface area contributed by atoms with Crippen LogP contribution >= 0.6 is 0 Å². The molecule has 1 aliphatic heterocycles. The largest absolute Gasteiger partial charge is 0.392 e. The highest BCUT2D eigenvalue weighted by Crippen LogP contribution is 2.30. The molecule has 2 N–H and O–H groups in total. The number of piperidine rings is 1. The number of hydrogen-bond acceptors (Lipinski definition) is 3. The lowest BCUT2D eigenvalue weighted by molar-refractivity contribution is 0.0152. The average Bonchev–Trinajstić information content (AvgIpc) is 2.42. The molecule has 3 heteroatoms. The Bertz CT molecular complexity index is 282. The van der Waals surface area contributed by atoms with Gasteiger partial charge in [-0.15, -0.1) is 0 Å². The Morgan fingerprint density at radius 3 is 2.70 bits per heavy atom. The number of β-amino-alcohol motifs (C(OH)–C–C–N with tert-alkyl or cyclic N) is 1. The first-order valence-electron chi connectivity index (χ1n) is 8.74. The molecule has 0 aromatic rings. The number of likely N-dealkylation sites (tertiary alicyclic amines) is 1. The summed E-state index contributed by atoms with van der Waals surface area (Å²) in [7, 11) is 0. The van der Waals surface area contributed by atoms with E-state index in [0.29, 0.717) is 12.0 Å². The van der Waals surface area contributed by atoms with Crippen LogP contribution in [0.1, 0.15) is 52.9 Å².